The minimum absolute atomic E-state index is 0.317. The largest absolute Gasteiger partial charge is 0.365 e. The number of halogens is 1. The molecule has 3 atom stereocenters. The summed E-state index contributed by atoms with van der Waals surface area (Å²) in [5.74, 6) is 3.85. The monoisotopic (exact) mass is 639 g/mol. The Bertz CT molecular complexity index is 1250. The lowest BCUT2D eigenvalue weighted by atomic mass is 9.90. The molecule has 0 aromatic rings. The summed E-state index contributed by atoms with van der Waals surface area (Å²) in [5, 5.41) is 10.3. The summed E-state index contributed by atoms with van der Waals surface area (Å²) < 4.78 is 2.05. The van der Waals surface area contributed by atoms with E-state index >= 15 is 0 Å². The third-order valence-electron chi connectivity index (χ3n) is 9.16. The maximum Gasteiger partial charge on any atom is 0.147 e. The Balaban J connectivity index is 1.97. The second-order valence-electron chi connectivity index (χ2n) is 12.6. The minimum atomic E-state index is 0.317. The van der Waals surface area contributed by atoms with E-state index in [0.717, 1.165) is 93.0 Å². The molecule has 6 nitrogen and oxygen atoms in total. The van der Waals surface area contributed by atoms with E-state index in [0.29, 0.717) is 35.0 Å². The highest BCUT2D eigenvalue weighted by atomic mass is 35.5. The fourth-order valence-corrected chi connectivity index (χ4v) is 6.55. The predicted octanol–water partition coefficient (Wildman–Crippen LogP) is 8.80. The van der Waals surface area contributed by atoms with E-state index in [9.17, 15) is 4.79 Å². The van der Waals surface area contributed by atoms with Gasteiger partial charge in [-0.3, -0.25) is 0 Å². The molecule has 1 heterocycles. The molecule has 2 aliphatic carbocycles. The Hall–Kier alpha value is -2.47. The van der Waals surface area contributed by atoms with E-state index in [-0.39, 0.29) is 0 Å². The lowest BCUT2D eigenvalue weighted by molar-refractivity contribution is 0.311. The first kappa shape index (κ1) is 36.0. The summed E-state index contributed by atoms with van der Waals surface area (Å²) in [6.45, 7) is 18.4. The maximum absolute atomic E-state index is 12.1. The summed E-state index contributed by atoms with van der Waals surface area (Å²) >= 11 is 8.74. The average molecular weight is 640 g/mol. The second kappa shape index (κ2) is 17.9. The van der Waals surface area contributed by atoms with Crippen molar-refractivity contribution in [2.24, 2.45) is 28.0 Å². The molecule has 44 heavy (non-hydrogen) atoms. The third-order valence-corrected chi connectivity index (χ3v) is 10.5. The standard InChI is InChI=1S/C36H54ClN5OS/c1-9-15-35(27(3)20-31-16-11-10-12-17-31)39-38-29(5)34(36(37)30(6)40(7)44-8)22-28(4)42(23-32-21-26(32)2)24-33(25-43)41-18-13-14-19-41/h10-11,16,22,26-27,32H,4,9,12-15,17-21,23-24H2,1-3,5-8H3/b34-22-,36-30-,38-29+,39-35+. The van der Waals surface area contributed by atoms with Gasteiger partial charge in [0.1, 0.15) is 11.6 Å². The van der Waals surface area contributed by atoms with Gasteiger partial charge in [0, 0.05) is 61.5 Å². The molecule has 242 valence electrons. The van der Waals surface area contributed by atoms with Gasteiger partial charge in [0.25, 0.3) is 0 Å². The number of carbonyl (C=O) groups excluding carboxylic acids is 1. The van der Waals surface area contributed by atoms with E-state index in [4.69, 9.17) is 21.8 Å². The van der Waals surface area contributed by atoms with E-state index in [1.165, 1.54) is 12.0 Å². The van der Waals surface area contributed by atoms with Gasteiger partial charge in [-0.1, -0.05) is 81.1 Å². The molecule has 3 aliphatic rings. The minimum Gasteiger partial charge on any atom is -0.365 e. The zero-order chi connectivity index (χ0) is 32.2. The molecule has 1 aliphatic heterocycles. The molecular weight excluding hydrogens is 586 g/mol. The molecule has 0 aromatic heterocycles. The highest BCUT2D eigenvalue weighted by molar-refractivity contribution is 7.96. The second-order valence-corrected chi connectivity index (χ2v) is 13.9. The molecule has 0 spiro atoms. The molecule has 1 saturated heterocycles. The number of hydrogen-bond donors (Lipinski definition) is 0. The van der Waals surface area contributed by atoms with Crippen LogP contribution in [-0.2, 0) is 4.79 Å². The number of rotatable bonds is 17. The van der Waals surface area contributed by atoms with Gasteiger partial charge in [-0.2, -0.15) is 10.2 Å². The fraction of sp³-hybridized carbons (Fsp3) is 0.611. The van der Waals surface area contributed by atoms with Crippen molar-refractivity contribution in [3.05, 3.63) is 64.2 Å². The third kappa shape index (κ3) is 10.6. The molecule has 0 bridgehead atoms. The van der Waals surface area contributed by atoms with Crippen LogP contribution in [0.2, 0.25) is 0 Å². The molecule has 1 saturated carbocycles. The topological polar surface area (TPSA) is 51.5 Å². The van der Waals surface area contributed by atoms with E-state index in [1.807, 2.05) is 33.2 Å². The Kier molecular flexibility index (Phi) is 14.6. The molecule has 2 fully saturated rings. The molecule has 3 unspecified atom stereocenters. The van der Waals surface area contributed by atoms with Crippen molar-refractivity contribution in [3.63, 3.8) is 0 Å². The molecule has 0 aromatic carbocycles. The van der Waals surface area contributed by atoms with Crippen molar-refractivity contribution in [1.82, 2.24) is 14.1 Å². The van der Waals surface area contributed by atoms with Crippen LogP contribution >= 0.6 is 23.5 Å². The van der Waals surface area contributed by atoms with Crippen LogP contribution in [-0.4, -0.2) is 71.0 Å². The predicted molar refractivity (Wildman–Crippen MR) is 192 cm³/mol. The lowest BCUT2D eigenvalue weighted by Crippen LogP contribution is -2.33. The first-order valence-electron chi connectivity index (χ1n) is 16.3. The van der Waals surface area contributed by atoms with Crippen molar-refractivity contribution in [1.29, 1.82) is 0 Å². The normalized spacial score (nSPS) is 21.9. The molecular formula is C36H54ClN5OS. The van der Waals surface area contributed by atoms with Crippen LogP contribution in [0.4, 0.5) is 0 Å². The van der Waals surface area contributed by atoms with Gasteiger partial charge in [-0.05, 0) is 76.7 Å². The fourth-order valence-electron chi connectivity index (χ4n) is 5.82. The Morgan fingerprint density at radius 1 is 1.30 bits per heavy atom. The molecule has 8 heteroatoms. The van der Waals surface area contributed by atoms with Gasteiger partial charge in [-0.25, -0.2) is 4.79 Å². The van der Waals surface area contributed by atoms with Crippen LogP contribution in [0.5, 0.6) is 0 Å². The molecule has 0 radical (unpaired) electrons. The van der Waals surface area contributed by atoms with Gasteiger partial charge in [0.2, 0.25) is 0 Å². The van der Waals surface area contributed by atoms with E-state index in [1.54, 1.807) is 11.9 Å². The molecule has 0 N–H and O–H groups in total. The Labute approximate surface area is 276 Å². The summed E-state index contributed by atoms with van der Waals surface area (Å²) in [7, 11) is 2.01. The van der Waals surface area contributed by atoms with Crippen molar-refractivity contribution in [3.8, 4) is 0 Å². The number of likely N-dealkylation sites (tertiary alicyclic amines) is 1. The van der Waals surface area contributed by atoms with Gasteiger partial charge in [0.05, 0.1) is 17.3 Å². The Morgan fingerprint density at radius 2 is 2.00 bits per heavy atom. The first-order chi connectivity index (χ1) is 21.1. The zero-order valence-corrected chi connectivity index (χ0v) is 29.7. The quantitative estimate of drug-likeness (QED) is 0.0523. The zero-order valence-electron chi connectivity index (χ0n) is 28.2. The number of nitrogens with zero attached hydrogens (tertiary/aromatic N) is 5. The van der Waals surface area contributed by atoms with Crippen molar-refractivity contribution in [2.45, 2.75) is 86.0 Å². The van der Waals surface area contributed by atoms with Crippen LogP contribution in [0.1, 0.15) is 86.0 Å². The van der Waals surface area contributed by atoms with Crippen LogP contribution in [0, 0.1) is 17.8 Å². The van der Waals surface area contributed by atoms with Crippen LogP contribution in [0.25, 0.3) is 0 Å². The highest BCUT2D eigenvalue weighted by Gasteiger charge is 2.35. The van der Waals surface area contributed by atoms with Crippen molar-refractivity contribution < 1.29 is 4.79 Å². The summed E-state index contributed by atoms with van der Waals surface area (Å²) in [6, 6.07) is 0. The maximum atomic E-state index is 12.1. The van der Waals surface area contributed by atoms with Crippen LogP contribution < -0.4 is 0 Å². The number of allylic oxidation sites excluding steroid dienone is 8. The smallest absolute Gasteiger partial charge is 0.147 e. The van der Waals surface area contributed by atoms with E-state index < -0.39 is 0 Å². The van der Waals surface area contributed by atoms with E-state index in [2.05, 4.69) is 65.6 Å². The molecule has 3 rings (SSSR count). The van der Waals surface area contributed by atoms with Gasteiger partial charge >= 0.3 is 0 Å². The van der Waals surface area contributed by atoms with Crippen molar-refractivity contribution in [2.75, 3.05) is 39.5 Å². The summed E-state index contributed by atoms with van der Waals surface area (Å²) in [4.78, 5) is 16.5. The van der Waals surface area contributed by atoms with Gasteiger partial charge in [0.15, 0.2) is 0 Å². The highest BCUT2D eigenvalue weighted by Crippen LogP contribution is 2.39. The van der Waals surface area contributed by atoms with Gasteiger partial charge < -0.3 is 14.1 Å². The van der Waals surface area contributed by atoms with Crippen molar-refractivity contribution >= 4 is 40.9 Å². The van der Waals surface area contributed by atoms with Crippen LogP contribution in [0.15, 0.2) is 74.4 Å². The Morgan fingerprint density at radius 3 is 2.57 bits per heavy atom. The lowest BCUT2D eigenvalue weighted by Gasteiger charge is -2.29. The SMILES string of the molecule is C=C(/C=C(C(\Cl)=C(/C)N(C)SC)/C(C)=N/N=C(\CCC)C(C)CC1=CC=CCC1)N(CC(=C=O)N1CCCC1)CC1CC1C. The van der Waals surface area contributed by atoms with Crippen LogP contribution in [0.3, 0.4) is 0 Å². The summed E-state index contributed by atoms with van der Waals surface area (Å²) in [6.07, 6.45) is 19.3. The number of hydrogen-bond acceptors (Lipinski definition) is 7. The molecule has 0 amide bonds. The van der Waals surface area contributed by atoms with Gasteiger partial charge in [-0.15, -0.1) is 0 Å². The first-order valence-corrected chi connectivity index (χ1v) is 17.9. The summed E-state index contributed by atoms with van der Waals surface area (Å²) in [5.41, 5.74) is 6.61. The average Bonchev–Trinajstić information content (AvgIpc) is 3.45.